The lowest BCUT2D eigenvalue weighted by Gasteiger charge is -2.15. The maximum absolute atomic E-state index is 12.9. The summed E-state index contributed by atoms with van der Waals surface area (Å²) < 4.78 is 12.2. The van der Waals surface area contributed by atoms with Crippen molar-refractivity contribution in [2.45, 2.75) is 86.0 Å². The van der Waals surface area contributed by atoms with Gasteiger partial charge in [-0.1, -0.05) is 56.3 Å². The van der Waals surface area contributed by atoms with Crippen molar-refractivity contribution in [1.29, 1.82) is 0 Å². The monoisotopic (exact) mass is 468 g/mol. The quantitative estimate of drug-likeness (QED) is 0.195. The Hall–Kier alpha value is -2.69. The molecule has 188 valence electrons. The van der Waals surface area contributed by atoms with E-state index in [0.29, 0.717) is 19.0 Å². The fraction of sp³-hybridized carbons (Fsp3) is 0.552. The van der Waals surface area contributed by atoms with Crippen LogP contribution in [-0.4, -0.2) is 24.7 Å². The molecule has 0 radical (unpaired) electrons. The average molecular weight is 469 g/mol. The van der Waals surface area contributed by atoms with E-state index in [1.54, 1.807) is 0 Å². The first-order chi connectivity index (χ1) is 16.5. The molecule has 0 atom stereocenters. The highest BCUT2D eigenvalue weighted by atomic mass is 16.5. The van der Waals surface area contributed by atoms with Gasteiger partial charge in [0.05, 0.1) is 12.1 Å². The lowest BCUT2D eigenvalue weighted by Crippen LogP contribution is -2.15. The fourth-order valence-corrected chi connectivity index (χ4v) is 3.85. The number of aromatic amines is 1. The molecular formula is C29H44N2O3. The van der Waals surface area contributed by atoms with E-state index in [1.807, 2.05) is 25.1 Å². The summed E-state index contributed by atoms with van der Waals surface area (Å²) in [5.41, 5.74) is 4.08. The van der Waals surface area contributed by atoms with Crippen LogP contribution in [0.1, 0.15) is 86.0 Å². The lowest BCUT2D eigenvalue weighted by atomic mass is 10.1. The summed E-state index contributed by atoms with van der Waals surface area (Å²) in [6.45, 7) is 12.4. The van der Waals surface area contributed by atoms with E-state index in [4.69, 9.17) is 9.47 Å². The summed E-state index contributed by atoms with van der Waals surface area (Å²) >= 11 is 0. The number of hydrogen-bond acceptors (Lipinski definition) is 4. The van der Waals surface area contributed by atoms with Crippen LogP contribution < -0.4 is 20.3 Å². The first kappa shape index (κ1) is 27.6. The van der Waals surface area contributed by atoms with E-state index >= 15 is 0 Å². The molecule has 0 fully saturated rings. The number of nitrogens with one attached hydrogen (secondary N) is 2. The zero-order chi connectivity index (χ0) is 24.8. The standard InChI is InChI=1S/C29H44N2O3/c1-6-8-9-10-11-12-19-33-28-27(34-20-18-23(5)15-13-14-22(3)4)25-17-16-24(30-7-2)21-26(25)31-29(28)32/h14,16-18,21,30H,6-13,15,19-20H2,1-5H3,(H,31,32)/b23-18+. The highest BCUT2D eigenvalue weighted by Gasteiger charge is 2.16. The predicted molar refractivity (Wildman–Crippen MR) is 146 cm³/mol. The van der Waals surface area contributed by atoms with Crippen molar-refractivity contribution in [2.24, 2.45) is 0 Å². The first-order valence-corrected chi connectivity index (χ1v) is 12.9. The summed E-state index contributed by atoms with van der Waals surface area (Å²) in [4.78, 5) is 15.9. The van der Waals surface area contributed by atoms with Crippen molar-refractivity contribution in [3.05, 3.63) is 51.9 Å². The Kier molecular flexibility index (Phi) is 12.4. The van der Waals surface area contributed by atoms with Crippen LogP contribution in [0.5, 0.6) is 11.5 Å². The molecule has 0 unspecified atom stereocenters. The van der Waals surface area contributed by atoms with E-state index < -0.39 is 0 Å². The molecule has 0 saturated heterocycles. The largest absolute Gasteiger partial charge is 0.485 e. The van der Waals surface area contributed by atoms with Gasteiger partial charge in [0.1, 0.15) is 6.61 Å². The zero-order valence-corrected chi connectivity index (χ0v) is 21.9. The highest BCUT2D eigenvalue weighted by molar-refractivity contribution is 5.89. The molecule has 34 heavy (non-hydrogen) atoms. The molecule has 0 amide bonds. The number of ether oxygens (including phenoxy) is 2. The van der Waals surface area contributed by atoms with Crippen LogP contribution in [-0.2, 0) is 0 Å². The van der Waals surface area contributed by atoms with Gasteiger partial charge in [0.2, 0.25) is 5.75 Å². The normalized spacial score (nSPS) is 11.5. The van der Waals surface area contributed by atoms with E-state index in [-0.39, 0.29) is 11.3 Å². The maximum atomic E-state index is 12.9. The second kappa shape index (κ2) is 15.3. The van der Waals surface area contributed by atoms with Crippen LogP contribution in [0.25, 0.3) is 10.9 Å². The Morgan fingerprint density at radius 3 is 2.47 bits per heavy atom. The van der Waals surface area contributed by atoms with Crippen molar-refractivity contribution in [1.82, 2.24) is 4.98 Å². The third kappa shape index (κ3) is 9.28. The van der Waals surface area contributed by atoms with Gasteiger partial charge in [0.15, 0.2) is 5.75 Å². The second-order valence-corrected chi connectivity index (χ2v) is 9.20. The summed E-state index contributed by atoms with van der Waals surface area (Å²) in [6.07, 6.45) is 13.4. The van der Waals surface area contributed by atoms with Crippen LogP contribution >= 0.6 is 0 Å². The third-order valence-corrected chi connectivity index (χ3v) is 5.80. The number of rotatable bonds is 16. The van der Waals surface area contributed by atoms with E-state index in [2.05, 4.69) is 50.1 Å². The number of H-pyrrole nitrogens is 1. The number of pyridine rings is 1. The number of anilines is 1. The lowest BCUT2D eigenvalue weighted by molar-refractivity contribution is 0.274. The van der Waals surface area contributed by atoms with Gasteiger partial charge >= 0.3 is 0 Å². The van der Waals surface area contributed by atoms with Gasteiger partial charge in [-0.2, -0.15) is 0 Å². The second-order valence-electron chi connectivity index (χ2n) is 9.20. The maximum Gasteiger partial charge on any atom is 0.294 e. The van der Waals surface area contributed by atoms with E-state index in [0.717, 1.165) is 48.8 Å². The summed E-state index contributed by atoms with van der Waals surface area (Å²) in [5.74, 6) is 0.814. The summed E-state index contributed by atoms with van der Waals surface area (Å²) in [5, 5.41) is 4.15. The first-order valence-electron chi connectivity index (χ1n) is 12.9. The molecule has 5 nitrogen and oxygen atoms in total. The van der Waals surface area contributed by atoms with Crippen molar-refractivity contribution in [3.63, 3.8) is 0 Å². The summed E-state index contributed by atoms with van der Waals surface area (Å²) in [6, 6.07) is 5.95. The molecule has 2 aromatic rings. The van der Waals surface area contributed by atoms with E-state index in [9.17, 15) is 4.79 Å². The topological polar surface area (TPSA) is 63.4 Å². The molecule has 1 heterocycles. The van der Waals surface area contributed by atoms with Crippen molar-refractivity contribution in [2.75, 3.05) is 25.1 Å². The molecule has 1 aromatic heterocycles. The number of allylic oxidation sites excluding steroid dienone is 3. The predicted octanol–water partition coefficient (Wildman–Crippen LogP) is 7.77. The third-order valence-electron chi connectivity index (χ3n) is 5.80. The minimum atomic E-state index is -0.244. The fourth-order valence-electron chi connectivity index (χ4n) is 3.85. The van der Waals surface area contributed by atoms with Crippen LogP contribution in [0.3, 0.4) is 0 Å². The Morgan fingerprint density at radius 2 is 1.74 bits per heavy atom. The number of aromatic nitrogens is 1. The Labute approximate surface area is 205 Å². The smallest absolute Gasteiger partial charge is 0.294 e. The SMILES string of the molecule is CCCCCCCCOc1c(OC/C=C(\C)CCC=C(C)C)c2ccc(NCC)cc2[nH]c1=O. The van der Waals surface area contributed by atoms with Crippen molar-refractivity contribution >= 4 is 16.6 Å². The van der Waals surface area contributed by atoms with Gasteiger partial charge < -0.3 is 19.8 Å². The minimum absolute atomic E-state index is 0.244. The Morgan fingerprint density at radius 1 is 0.971 bits per heavy atom. The molecule has 2 rings (SSSR count). The molecule has 0 spiro atoms. The van der Waals surface area contributed by atoms with Gasteiger partial charge in [-0.25, -0.2) is 0 Å². The number of hydrogen-bond donors (Lipinski definition) is 2. The molecule has 0 saturated carbocycles. The Balaban J connectivity index is 2.18. The zero-order valence-electron chi connectivity index (χ0n) is 21.9. The molecular weight excluding hydrogens is 424 g/mol. The van der Waals surface area contributed by atoms with Crippen LogP contribution in [0.4, 0.5) is 5.69 Å². The Bertz CT molecular complexity index is 1000. The van der Waals surface area contributed by atoms with Gasteiger partial charge in [0, 0.05) is 17.6 Å². The van der Waals surface area contributed by atoms with Gasteiger partial charge in [-0.15, -0.1) is 0 Å². The van der Waals surface area contributed by atoms with Crippen molar-refractivity contribution < 1.29 is 9.47 Å². The number of fused-ring (bicyclic) bond motifs is 1. The molecule has 0 aliphatic heterocycles. The molecule has 0 bridgehead atoms. The molecule has 2 N–H and O–H groups in total. The van der Waals surface area contributed by atoms with Crippen molar-refractivity contribution in [3.8, 4) is 11.5 Å². The van der Waals surface area contributed by atoms with Gasteiger partial charge in [-0.05, 0) is 71.2 Å². The molecule has 1 aromatic carbocycles. The minimum Gasteiger partial charge on any atom is -0.485 e. The van der Waals surface area contributed by atoms with Crippen LogP contribution in [0.2, 0.25) is 0 Å². The van der Waals surface area contributed by atoms with Crippen LogP contribution in [0.15, 0.2) is 46.3 Å². The average Bonchev–Trinajstić information content (AvgIpc) is 2.79. The molecule has 5 heteroatoms. The summed E-state index contributed by atoms with van der Waals surface area (Å²) in [7, 11) is 0. The van der Waals surface area contributed by atoms with Crippen LogP contribution in [0, 0.1) is 0 Å². The highest BCUT2D eigenvalue weighted by Crippen LogP contribution is 2.33. The molecule has 0 aliphatic rings. The van der Waals surface area contributed by atoms with Gasteiger partial charge in [0.25, 0.3) is 5.56 Å². The van der Waals surface area contributed by atoms with E-state index in [1.165, 1.54) is 36.8 Å². The number of unbranched alkanes of at least 4 members (excludes halogenated alkanes) is 5. The molecule has 0 aliphatic carbocycles. The number of benzene rings is 1. The van der Waals surface area contributed by atoms with Gasteiger partial charge in [-0.3, -0.25) is 4.79 Å².